The van der Waals surface area contributed by atoms with Crippen molar-refractivity contribution in [1.29, 1.82) is 0 Å². The lowest BCUT2D eigenvalue weighted by atomic mass is 9.68. The second-order valence-corrected chi connectivity index (χ2v) is 7.36. The fraction of sp³-hybridized carbons (Fsp3) is 0.467. The van der Waals surface area contributed by atoms with Crippen molar-refractivity contribution in [3.05, 3.63) is 33.4 Å². The Morgan fingerprint density at radius 3 is 2.84 bits per heavy atom. The molecule has 3 nitrogen and oxygen atoms in total. The third-order valence-electron chi connectivity index (χ3n) is 3.97. The molecule has 1 saturated carbocycles. The fourth-order valence-corrected chi connectivity index (χ4v) is 3.84. The van der Waals surface area contributed by atoms with Gasteiger partial charge < -0.3 is 5.43 Å². The summed E-state index contributed by atoms with van der Waals surface area (Å²) in [5.41, 5.74) is 5.29. The summed E-state index contributed by atoms with van der Waals surface area (Å²) in [7, 11) is 0. The van der Waals surface area contributed by atoms with Gasteiger partial charge in [-0.25, -0.2) is 0 Å². The number of hydrazone groups is 1. The Kier molecular flexibility index (Phi) is 3.15. The van der Waals surface area contributed by atoms with Gasteiger partial charge in [0.1, 0.15) is 5.78 Å². The number of rotatable bonds is 1. The minimum atomic E-state index is -0.0658. The van der Waals surface area contributed by atoms with Crippen molar-refractivity contribution >= 4 is 34.1 Å². The predicted molar refractivity (Wildman–Crippen MR) is 84.1 cm³/mol. The molecule has 1 aliphatic carbocycles. The molecular weight excluding hydrogens is 351 g/mol. The molecule has 1 heterocycles. The number of benzene rings is 1. The second-order valence-electron chi connectivity index (χ2n) is 6.20. The molecule has 1 aliphatic heterocycles. The molecular formula is C15H17IN2O. The average Bonchev–Trinajstić information content (AvgIpc) is 2.71. The Bertz CT molecular complexity index is 565. The molecule has 0 amide bonds. The maximum absolute atomic E-state index is 12.5. The number of nitrogens with zero attached hydrogens (tertiary/aromatic N) is 1. The highest BCUT2D eigenvalue weighted by Gasteiger charge is 2.46. The number of hydrogen-bond acceptors (Lipinski definition) is 3. The van der Waals surface area contributed by atoms with Crippen molar-refractivity contribution in [2.45, 2.75) is 32.7 Å². The molecule has 0 aromatic heterocycles. The van der Waals surface area contributed by atoms with E-state index in [1.807, 2.05) is 12.1 Å². The molecule has 1 N–H and O–H groups in total. The van der Waals surface area contributed by atoms with Gasteiger partial charge in [0.25, 0.3) is 0 Å². The minimum absolute atomic E-state index is 0.0658. The molecule has 0 saturated heterocycles. The topological polar surface area (TPSA) is 41.5 Å². The zero-order valence-corrected chi connectivity index (χ0v) is 13.3. The zero-order chi connectivity index (χ0) is 13.6. The third kappa shape index (κ3) is 2.30. The normalized spacial score (nSPS) is 28.6. The van der Waals surface area contributed by atoms with Crippen LogP contribution >= 0.6 is 22.6 Å². The van der Waals surface area contributed by atoms with Gasteiger partial charge in [0.15, 0.2) is 0 Å². The minimum Gasteiger partial charge on any atom is -0.306 e. The lowest BCUT2D eigenvalue weighted by molar-refractivity contribution is -0.126. The van der Waals surface area contributed by atoms with Crippen LogP contribution in [0.3, 0.4) is 0 Å². The van der Waals surface area contributed by atoms with E-state index in [0.717, 1.165) is 21.3 Å². The number of carbonyl (C=O) groups is 1. The highest BCUT2D eigenvalue weighted by Crippen LogP contribution is 2.39. The van der Waals surface area contributed by atoms with Crippen molar-refractivity contribution in [3.8, 4) is 0 Å². The molecule has 19 heavy (non-hydrogen) atoms. The van der Waals surface area contributed by atoms with E-state index in [1.54, 1.807) is 0 Å². The van der Waals surface area contributed by atoms with Gasteiger partial charge in [0.05, 0.1) is 17.7 Å². The van der Waals surface area contributed by atoms with Gasteiger partial charge in [-0.3, -0.25) is 4.79 Å². The lowest BCUT2D eigenvalue weighted by Crippen LogP contribution is -2.45. The van der Waals surface area contributed by atoms with Gasteiger partial charge in [-0.05, 0) is 40.5 Å². The van der Waals surface area contributed by atoms with E-state index in [4.69, 9.17) is 0 Å². The monoisotopic (exact) mass is 368 g/mol. The SMILES string of the molecule is CC1(C)CC(=O)C2C(c3ccccc3I)=NNC2C1. The van der Waals surface area contributed by atoms with Gasteiger partial charge in [0, 0.05) is 15.6 Å². The summed E-state index contributed by atoms with van der Waals surface area (Å²) in [6.07, 6.45) is 1.65. The molecule has 0 radical (unpaired) electrons. The van der Waals surface area contributed by atoms with E-state index in [9.17, 15) is 4.79 Å². The second kappa shape index (κ2) is 4.58. The predicted octanol–water partition coefficient (Wildman–Crippen LogP) is 2.97. The summed E-state index contributed by atoms with van der Waals surface area (Å²) in [6.45, 7) is 4.32. The molecule has 2 unspecified atom stereocenters. The highest BCUT2D eigenvalue weighted by atomic mass is 127. The molecule has 4 heteroatoms. The number of ketones is 1. The maximum Gasteiger partial charge on any atom is 0.144 e. The highest BCUT2D eigenvalue weighted by molar-refractivity contribution is 14.1. The Balaban J connectivity index is 1.95. The zero-order valence-electron chi connectivity index (χ0n) is 11.1. The largest absolute Gasteiger partial charge is 0.306 e. The molecule has 1 fully saturated rings. The smallest absolute Gasteiger partial charge is 0.144 e. The molecule has 2 atom stereocenters. The van der Waals surface area contributed by atoms with Crippen molar-refractivity contribution in [2.75, 3.05) is 0 Å². The number of Topliss-reactive ketones (excluding diaryl/α,β-unsaturated/α-hetero) is 1. The van der Waals surface area contributed by atoms with Gasteiger partial charge in [0.2, 0.25) is 0 Å². The molecule has 2 aliphatic rings. The number of hydrogen-bond donors (Lipinski definition) is 1. The van der Waals surface area contributed by atoms with Gasteiger partial charge in [-0.15, -0.1) is 0 Å². The standard InChI is InChI=1S/C15H17IN2O/c1-15(2)7-11-13(12(19)8-15)14(18-17-11)9-5-3-4-6-10(9)16/h3-6,11,13,17H,7-8H2,1-2H3. The first-order chi connectivity index (χ1) is 8.98. The van der Waals surface area contributed by atoms with E-state index in [2.05, 4.69) is 59.1 Å². The number of carbonyl (C=O) groups excluding carboxylic acids is 1. The number of nitrogens with one attached hydrogen (secondary N) is 1. The molecule has 1 aromatic carbocycles. The summed E-state index contributed by atoms with van der Waals surface area (Å²) in [6, 6.07) is 8.30. The number of halogens is 1. The Morgan fingerprint density at radius 2 is 2.11 bits per heavy atom. The van der Waals surface area contributed by atoms with Crippen molar-refractivity contribution < 1.29 is 4.79 Å². The molecule has 100 valence electrons. The molecule has 1 aromatic rings. The van der Waals surface area contributed by atoms with Crippen LogP contribution in [0.1, 0.15) is 32.3 Å². The molecule has 0 spiro atoms. The van der Waals surface area contributed by atoms with Crippen molar-refractivity contribution in [2.24, 2.45) is 16.4 Å². The Morgan fingerprint density at radius 1 is 1.37 bits per heavy atom. The van der Waals surface area contributed by atoms with Crippen LogP contribution in [0.25, 0.3) is 0 Å². The first-order valence-corrected chi connectivity index (χ1v) is 7.66. The summed E-state index contributed by atoms with van der Waals surface area (Å²) in [5, 5.41) is 4.47. The molecule has 3 rings (SSSR count). The van der Waals surface area contributed by atoms with Crippen molar-refractivity contribution in [3.63, 3.8) is 0 Å². The van der Waals surface area contributed by atoms with Crippen LogP contribution in [-0.4, -0.2) is 17.5 Å². The maximum atomic E-state index is 12.5. The van der Waals surface area contributed by atoms with E-state index in [-0.39, 0.29) is 17.4 Å². The van der Waals surface area contributed by atoms with Crippen LogP contribution in [0.5, 0.6) is 0 Å². The van der Waals surface area contributed by atoms with Crippen LogP contribution in [0, 0.1) is 14.9 Å². The van der Waals surface area contributed by atoms with E-state index < -0.39 is 0 Å². The first kappa shape index (κ1) is 13.1. The molecule has 0 bridgehead atoms. The van der Waals surface area contributed by atoms with Gasteiger partial charge >= 0.3 is 0 Å². The summed E-state index contributed by atoms with van der Waals surface area (Å²) in [5.74, 6) is 0.258. The summed E-state index contributed by atoms with van der Waals surface area (Å²) < 4.78 is 1.15. The Labute approximate surface area is 127 Å². The quantitative estimate of drug-likeness (QED) is 0.775. The summed E-state index contributed by atoms with van der Waals surface area (Å²) >= 11 is 2.31. The third-order valence-corrected chi connectivity index (χ3v) is 4.91. The van der Waals surface area contributed by atoms with E-state index >= 15 is 0 Å². The van der Waals surface area contributed by atoms with Crippen LogP contribution in [0.2, 0.25) is 0 Å². The van der Waals surface area contributed by atoms with Crippen molar-refractivity contribution in [1.82, 2.24) is 5.43 Å². The van der Waals surface area contributed by atoms with E-state index in [1.165, 1.54) is 0 Å². The van der Waals surface area contributed by atoms with Gasteiger partial charge in [-0.2, -0.15) is 5.10 Å². The van der Waals surface area contributed by atoms with Gasteiger partial charge in [-0.1, -0.05) is 32.0 Å². The van der Waals surface area contributed by atoms with Crippen LogP contribution in [0.15, 0.2) is 29.4 Å². The number of fused-ring (bicyclic) bond motifs is 1. The average molecular weight is 368 g/mol. The fourth-order valence-electron chi connectivity index (χ4n) is 3.17. The Hall–Kier alpha value is -0.910. The van der Waals surface area contributed by atoms with Crippen LogP contribution in [-0.2, 0) is 4.79 Å². The van der Waals surface area contributed by atoms with Crippen LogP contribution < -0.4 is 5.43 Å². The van der Waals surface area contributed by atoms with E-state index in [0.29, 0.717) is 12.2 Å². The first-order valence-electron chi connectivity index (χ1n) is 6.59. The lowest BCUT2D eigenvalue weighted by Gasteiger charge is -2.36. The summed E-state index contributed by atoms with van der Waals surface area (Å²) in [4.78, 5) is 12.5. The van der Waals surface area contributed by atoms with Crippen LogP contribution in [0.4, 0.5) is 0 Å².